The molecule has 0 aliphatic heterocycles. The summed E-state index contributed by atoms with van der Waals surface area (Å²) < 4.78 is 16.1. The van der Waals surface area contributed by atoms with Crippen molar-refractivity contribution < 1.29 is 23.8 Å². The Kier molecular flexibility index (Phi) is 6.23. The number of aromatic amines is 1. The van der Waals surface area contributed by atoms with E-state index in [0.29, 0.717) is 29.2 Å². The lowest BCUT2D eigenvalue weighted by Crippen LogP contribution is -2.10. The molecule has 0 fully saturated rings. The number of rotatable bonds is 7. The maximum absolute atomic E-state index is 12.4. The van der Waals surface area contributed by atoms with Crippen molar-refractivity contribution in [3.63, 3.8) is 0 Å². The van der Waals surface area contributed by atoms with Crippen molar-refractivity contribution in [2.45, 2.75) is 20.8 Å². The molecule has 0 spiro atoms. The van der Waals surface area contributed by atoms with Crippen molar-refractivity contribution in [2.24, 2.45) is 0 Å². The van der Waals surface area contributed by atoms with Crippen molar-refractivity contribution in [3.05, 3.63) is 59.3 Å². The van der Waals surface area contributed by atoms with E-state index in [4.69, 9.17) is 14.2 Å². The van der Waals surface area contributed by atoms with Crippen LogP contribution in [0.25, 0.3) is 11.3 Å². The van der Waals surface area contributed by atoms with Gasteiger partial charge in [-0.25, -0.2) is 9.59 Å². The van der Waals surface area contributed by atoms with Gasteiger partial charge >= 0.3 is 11.9 Å². The molecule has 150 valence electrons. The molecule has 0 aliphatic rings. The molecule has 2 aromatic carbocycles. The van der Waals surface area contributed by atoms with Crippen LogP contribution >= 0.6 is 0 Å². The molecule has 0 amide bonds. The molecule has 1 heterocycles. The highest BCUT2D eigenvalue weighted by molar-refractivity contribution is 5.94. The lowest BCUT2D eigenvalue weighted by molar-refractivity contribution is 0.0520. The first kappa shape index (κ1) is 20.1. The topological polar surface area (TPSA) is 103 Å². The molecule has 0 unspecified atom stereocenters. The van der Waals surface area contributed by atoms with Gasteiger partial charge in [0, 0.05) is 5.56 Å². The summed E-state index contributed by atoms with van der Waals surface area (Å²) >= 11 is 0. The molecule has 0 radical (unpaired) electrons. The molecule has 1 N–H and O–H groups in total. The Bertz CT molecular complexity index is 1010. The number of ether oxygens (including phenoxy) is 3. The number of aryl methyl sites for hydroxylation is 1. The van der Waals surface area contributed by atoms with Crippen molar-refractivity contribution in [1.82, 2.24) is 15.4 Å². The Balaban J connectivity index is 1.90. The fraction of sp³-hybridized carbons (Fsp3) is 0.238. The van der Waals surface area contributed by atoms with Crippen molar-refractivity contribution in [1.29, 1.82) is 0 Å². The summed E-state index contributed by atoms with van der Waals surface area (Å²) in [5.74, 6) is -0.456. The van der Waals surface area contributed by atoms with Gasteiger partial charge in [0.15, 0.2) is 17.2 Å². The number of aromatic nitrogens is 3. The number of esters is 2. The van der Waals surface area contributed by atoms with Crippen molar-refractivity contribution in [2.75, 3.05) is 13.2 Å². The van der Waals surface area contributed by atoms with Gasteiger partial charge in [-0.1, -0.05) is 17.7 Å². The van der Waals surface area contributed by atoms with Crippen LogP contribution in [0.3, 0.4) is 0 Å². The standard InChI is InChI=1S/C21H21N3O5/c1-4-27-17-12-15(18-19(23-24-22-18)21(26)28-5-2)10-11-16(17)29-20(25)14-8-6-13(3)7-9-14/h6-12H,4-5H2,1-3H3,(H,22,23,24). The van der Waals surface area contributed by atoms with Crippen LogP contribution in [-0.2, 0) is 4.74 Å². The second-order valence-electron chi connectivity index (χ2n) is 6.09. The minimum atomic E-state index is -0.580. The van der Waals surface area contributed by atoms with E-state index < -0.39 is 11.9 Å². The number of hydrogen-bond acceptors (Lipinski definition) is 7. The molecule has 0 aliphatic carbocycles. The van der Waals surface area contributed by atoms with Gasteiger partial charge in [-0.3, -0.25) is 0 Å². The highest BCUT2D eigenvalue weighted by atomic mass is 16.6. The van der Waals surface area contributed by atoms with Crippen LogP contribution in [0.1, 0.15) is 40.3 Å². The lowest BCUT2D eigenvalue weighted by atomic mass is 10.1. The summed E-state index contributed by atoms with van der Waals surface area (Å²) in [6.45, 7) is 6.06. The van der Waals surface area contributed by atoms with Crippen LogP contribution in [0.2, 0.25) is 0 Å². The molecule has 29 heavy (non-hydrogen) atoms. The lowest BCUT2D eigenvalue weighted by Gasteiger charge is -2.12. The molecule has 0 bridgehead atoms. The highest BCUT2D eigenvalue weighted by Gasteiger charge is 2.21. The van der Waals surface area contributed by atoms with Crippen LogP contribution in [0.4, 0.5) is 0 Å². The number of nitrogens with zero attached hydrogens (tertiary/aromatic N) is 2. The van der Waals surface area contributed by atoms with Crippen molar-refractivity contribution >= 4 is 11.9 Å². The molecule has 3 aromatic rings. The van der Waals surface area contributed by atoms with Crippen LogP contribution in [0.15, 0.2) is 42.5 Å². The van der Waals surface area contributed by atoms with E-state index in [0.717, 1.165) is 5.56 Å². The van der Waals surface area contributed by atoms with Gasteiger partial charge in [-0.15, -0.1) is 5.10 Å². The monoisotopic (exact) mass is 395 g/mol. The van der Waals surface area contributed by atoms with E-state index in [2.05, 4.69) is 15.4 Å². The SMILES string of the molecule is CCOC(=O)c1n[nH]nc1-c1ccc(OC(=O)c2ccc(C)cc2)c(OCC)c1. The van der Waals surface area contributed by atoms with Gasteiger partial charge in [0.1, 0.15) is 5.69 Å². The Morgan fingerprint density at radius 2 is 1.69 bits per heavy atom. The molecular weight excluding hydrogens is 374 g/mol. The minimum absolute atomic E-state index is 0.0682. The molecule has 8 nitrogen and oxygen atoms in total. The number of carbonyl (C=O) groups excluding carboxylic acids is 2. The fourth-order valence-electron chi connectivity index (χ4n) is 2.63. The molecule has 0 atom stereocenters. The molecule has 3 rings (SSSR count). The maximum Gasteiger partial charge on any atom is 0.361 e. The van der Waals surface area contributed by atoms with Gasteiger partial charge in [-0.05, 0) is 51.1 Å². The van der Waals surface area contributed by atoms with E-state index in [1.807, 2.05) is 26.0 Å². The van der Waals surface area contributed by atoms with Gasteiger partial charge in [-0.2, -0.15) is 10.3 Å². The van der Waals surface area contributed by atoms with Crippen LogP contribution < -0.4 is 9.47 Å². The third kappa shape index (κ3) is 4.60. The van der Waals surface area contributed by atoms with Crippen LogP contribution in [0, 0.1) is 6.92 Å². The van der Waals surface area contributed by atoms with Gasteiger partial charge in [0.25, 0.3) is 0 Å². The third-order valence-electron chi connectivity index (χ3n) is 4.02. The first-order chi connectivity index (χ1) is 14.0. The normalized spacial score (nSPS) is 10.4. The number of carbonyl (C=O) groups is 2. The molecule has 0 saturated heterocycles. The second-order valence-corrected chi connectivity index (χ2v) is 6.09. The van der Waals surface area contributed by atoms with Crippen LogP contribution in [0.5, 0.6) is 11.5 Å². The summed E-state index contributed by atoms with van der Waals surface area (Å²) in [6, 6.07) is 12.0. The van der Waals surface area contributed by atoms with E-state index in [9.17, 15) is 9.59 Å². The predicted molar refractivity (Wildman–Crippen MR) is 105 cm³/mol. The number of H-pyrrole nitrogens is 1. The Morgan fingerprint density at radius 1 is 0.931 bits per heavy atom. The average molecular weight is 395 g/mol. The van der Waals surface area contributed by atoms with Gasteiger partial charge < -0.3 is 14.2 Å². The summed E-state index contributed by atoms with van der Waals surface area (Å²) in [4.78, 5) is 24.5. The number of benzene rings is 2. The van der Waals surface area contributed by atoms with E-state index in [-0.39, 0.29) is 18.1 Å². The van der Waals surface area contributed by atoms with E-state index >= 15 is 0 Å². The second kappa shape index (κ2) is 9.01. The van der Waals surface area contributed by atoms with E-state index in [1.165, 1.54) is 0 Å². The summed E-state index contributed by atoms with van der Waals surface area (Å²) in [6.07, 6.45) is 0. The highest BCUT2D eigenvalue weighted by Crippen LogP contribution is 2.33. The van der Waals surface area contributed by atoms with E-state index in [1.54, 1.807) is 37.3 Å². The molecule has 1 aromatic heterocycles. The number of nitrogens with one attached hydrogen (secondary N) is 1. The van der Waals surface area contributed by atoms with Crippen molar-refractivity contribution in [3.8, 4) is 22.8 Å². The first-order valence-electron chi connectivity index (χ1n) is 9.17. The number of hydrogen-bond donors (Lipinski definition) is 1. The smallest absolute Gasteiger partial charge is 0.361 e. The quantitative estimate of drug-likeness (QED) is 0.482. The summed E-state index contributed by atoms with van der Waals surface area (Å²) in [5.41, 5.74) is 2.44. The first-order valence-corrected chi connectivity index (χ1v) is 9.17. The zero-order valence-electron chi connectivity index (χ0n) is 16.4. The molecular formula is C21H21N3O5. The average Bonchev–Trinajstić information content (AvgIpc) is 3.20. The summed E-state index contributed by atoms with van der Waals surface area (Å²) in [5, 5.41) is 10.3. The zero-order chi connectivity index (χ0) is 20.8. The molecule has 8 heteroatoms. The zero-order valence-corrected chi connectivity index (χ0v) is 16.4. The maximum atomic E-state index is 12.4. The largest absolute Gasteiger partial charge is 0.490 e. The minimum Gasteiger partial charge on any atom is -0.490 e. The third-order valence-corrected chi connectivity index (χ3v) is 4.02. The van der Waals surface area contributed by atoms with Gasteiger partial charge in [0.2, 0.25) is 0 Å². The summed E-state index contributed by atoms with van der Waals surface area (Å²) in [7, 11) is 0. The Morgan fingerprint density at radius 3 is 2.38 bits per heavy atom. The molecule has 0 saturated carbocycles. The Labute approximate surface area is 167 Å². The Hall–Kier alpha value is -3.68. The predicted octanol–water partition coefficient (Wildman–Crippen LogP) is 3.57. The van der Waals surface area contributed by atoms with Gasteiger partial charge in [0.05, 0.1) is 18.8 Å². The fourth-order valence-corrected chi connectivity index (χ4v) is 2.63. The van der Waals surface area contributed by atoms with Crippen LogP contribution in [-0.4, -0.2) is 40.6 Å².